The molecule has 0 radical (unpaired) electrons. The van der Waals surface area contributed by atoms with Gasteiger partial charge < -0.3 is 0 Å². The predicted octanol–water partition coefficient (Wildman–Crippen LogP) is 4.48. The Kier molecular flexibility index (Phi) is 3.68. The summed E-state index contributed by atoms with van der Waals surface area (Å²) >= 11 is 6.02. The van der Waals surface area contributed by atoms with Crippen LogP contribution >= 0.6 is 11.6 Å². The van der Waals surface area contributed by atoms with Gasteiger partial charge in [-0.2, -0.15) is 0 Å². The molecule has 0 saturated carbocycles. The third-order valence-corrected chi connectivity index (χ3v) is 5.29. The van der Waals surface area contributed by atoms with E-state index in [4.69, 9.17) is 11.6 Å². The molecule has 2 fully saturated rings. The molecule has 102 valence electrons. The zero-order valence-corrected chi connectivity index (χ0v) is 12.5. The fraction of sp³-hybridized carbons (Fsp3) is 0.529. The summed E-state index contributed by atoms with van der Waals surface area (Å²) in [6, 6.07) is 9.98. The molecule has 1 aromatic rings. The molecule has 3 rings (SSSR count). The standard InChI is InChI=1S/C17H22ClN/c1-3-4-15-16(12-5-7-13(18)8-6-12)11-14-9-10-17(15)19(14)2/h3-8,14-17H,9-11H2,1-2H3/b4-3+/t14-,15-,16+,17+/m0/s1. The number of piperidine rings is 1. The Labute approximate surface area is 121 Å². The summed E-state index contributed by atoms with van der Waals surface area (Å²) in [5.74, 6) is 1.30. The van der Waals surface area contributed by atoms with Crippen molar-refractivity contribution in [3.05, 3.63) is 47.0 Å². The number of nitrogens with zero attached hydrogens (tertiary/aromatic N) is 1. The zero-order valence-electron chi connectivity index (χ0n) is 11.7. The van der Waals surface area contributed by atoms with Crippen LogP contribution in [0.25, 0.3) is 0 Å². The van der Waals surface area contributed by atoms with Crippen molar-refractivity contribution in [2.75, 3.05) is 7.05 Å². The van der Waals surface area contributed by atoms with E-state index < -0.39 is 0 Å². The molecular weight excluding hydrogens is 254 g/mol. The molecule has 19 heavy (non-hydrogen) atoms. The van der Waals surface area contributed by atoms with Gasteiger partial charge in [0.15, 0.2) is 0 Å². The molecule has 1 nitrogen and oxygen atoms in total. The molecule has 2 aliphatic rings. The number of rotatable bonds is 2. The van der Waals surface area contributed by atoms with Crippen molar-refractivity contribution in [2.24, 2.45) is 5.92 Å². The molecule has 2 saturated heterocycles. The van der Waals surface area contributed by atoms with Gasteiger partial charge in [0.25, 0.3) is 0 Å². The van der Waals surface area contributed by atoms with Crippen molar-refractivity contribution in [3.8, 4) is 0 Å². The summed E-state index contributed by atoms with van der Waals surface area (Å²) in [6.45, 7) is 2.14. The van der Waals surface area contributed by atoms with Crippen molar-refractivity contribution < 1.29 is 0 Å². The Balaban J connectivity index is 1.93. The molecule has 0 amide bonds. The number of hydrogen-bond acceptors (Lipinski definition) is 1. The molecule has 0 N–H and O–H groups in total. The van der Waals surface area contributed by atoms with Gasteiger partial charge in [-0.05, 0) is 62.8 Å². The van der Waals surface area contributed by atoms with E-state index in [2.05, 4.69) is 43.2 Å². The fourth-order valence-electron chi connectivity index (χ4n) is 4.06. The summed E-state index contributed by atoms with van der Waals surface area (Å²) < 4.78 is 0. The Morgan fingerprint density at radius 2 is 1.95 bits per heavy atom. The third kappa shape index (κ3) is 2.34. The van der Waals surface area contributed by atoms with Gasteiger partial charge in [0.1, 0.15) is 0 Å². The Morgan fingerprint density at radius 3 is 2.63 bits per heavy atom. The van der Waals surface area contributed by atoms with Crippen LogP contribution in [-0.4, -0.2) is 24.0 Å². The van der Waals surface area contributed by atoms with Crippen LogP contribution in [0.1, 0.15) is 37.7 Å². The molecule has 2 heteroatoms. The van der Waals surface area contributed by atoms with E-state index in [9.17, 15) is 0 Å². The fourth-order valence-corrected chi connectivity index (χ4v) is 4.19. The smallest absolute Gasteiger partial charge is 0.0406 e. The van der Waals surface area contributed by atoms with E-state index in [1.54, 1.807) is 0 Å². The van der Waals surface area contributed by atoms with Gasteiger partial charge in [0.05, 0.1) is 0 Å². The maximum absolute atomic E-state index is 6.02. The summed E-state index contributed by atoms with van der Waals surface area (Å²) in [6.07, 6.45) is 8.63. The molecule has 2 bridgehead atoms. The number of allylic oxidation sites excluding steroid dienone is 1. The second-order valence-electron chi connectivity index (χ2n) is 5.96. The minimum absolute atomic E-state index is 0.648. The van der Waals surface area contributed by atoms with Crippen molar-refractivity contribution in [2.45, 2.75) is 44.2 Å². The average molecular weight is 276 g/mol. The topological polar surface area (TPSA) is 3.24 Å². The van der Waals surface area contributed by atoms with Gasteiger partial charge in [-0.1, -0.05) is 35.9 Å². The number of halogens is 1. The van der Waals surface area contributed by atoms with E-state index in [1.165, 1.54) is 24.8 Å². The molecule has 0 unspecified atom stereocenters. The second-order valence-corrected chi connectivity index (χ2v) is 6.40. The van der Waals surface area contributed by atoms with Crippen LogP contribution in [0.5, 0.6) is 0 Å². The van der Waals surface area contributed by atoms with Crippen molar-refractivity contribution in [3.63, 3.8) is 0 Å². The lowest BCUT2D eigenvalue weighted by Gasteiger charge is -2.42. The van der Waals surface area contributed by atoms with E-state index in [1.807, 2.05) is 12.1 Å². The highest BCUT2D eigenvalue weighted by Gasteiger charge is 2.44. The first-order valence-electron chi connectivity index (χ1n) is 7.31. The van der Waals surface area contributed by atoms with Crippen molar-refractivity contribution in [1.29, 1.82) is 0 Å². The van der Waals surface area contributed by atoms with E-state index in [0.717, 1.165) is 17.1 Å². The Hall–Kier alpha value is -0.790. The molecule has 2 heterocycles. The van der Waals surface area contributed by atoms with E-state index in [-0.39, 0.29) is 0 Å². The first-order chi connectivity index (χ1) is 9.20. The van der Waals surface area contributed by atoms with Crippen molar-refractivity contribution >= 4 is 11.6 Å². The minimum atomic E-state index is 0.648. The first kappa shape index (κ1) is 13.2. The quantitative estimate of drug-likeness (QED) is 0.719. The van der Waals surface area contributed by atoms with Crippen LogP contribution in [0.4, 0.5) is 0 Å². The SMILES string of the molecule is C/C=C/[C@H]1[C@@H](c2ccc(Cl)cc2)C[C@@H]2CC[C@H]1N2C. The predicted molar refractivity (Wildman–Crippen MR) is 81.7 cm³/mol. The third-order valence-electron chi connectivity index (χ3n) is 5.04. The molecule has 0 aromatic heterocycles. The molecule has 0 aliphatic carbocycles. The van der Waals surface area contributed by atoms with Crippen LogP contribution in [0.2, 0.25) is 5.02 Å². The average Bonchev–Trinajstić information content (AvgIpc) is 2.65. The molecule has 4 atom stereocenters. The number of fused-ring (bicyclic) bond motifs is 2. The zero-order chi connectivity index (χ0) is 13.4. The van der Waals surface area contributed by atoms with Gasteiger partial charge >= 0.3 is 0 Å². The van der Waals surface area contributed by atoms with E-state index in [0.29, 0.717) is 11.8 Å². The number of hydrogen-bond donors (Lipinski definition) is 0. The molecule has 1 aromatic carbocycles. The maximum Gasteiger partial charge on any atom is 0.0406 e. The lowest BCUT2D eigenvalue weighted by molar-refractivity contribution is 0.124. The second kappa shape index (κ2) is 5.30. The summed E-state index contributed by atoms with van der Waals surface area (Å²) in [5, 5.41) is 0.835. The van der Waals surface area contributed by atoms with Gasteiger partial charge in [0.2, 0.25) is 0 Å². The summed E-state index contributed by atoms with van der Waals surface area (Å²) in [7, 11) is 2.30. The largest absolute Gasteiger partial charge is 0.300 e. The highest BCUT2D eigenvalue weighted by Crippen LogP contribution is 2.46. The van der Waals surface area contributed by atoms with Crippen LogP contribution < -0.4 is 0 Å². The highest BCUT2D eigenvalue weighted by molar-refractivity contribution is 6.30. The normalized spacial score (nSPS) is 35.1. The van der Waals surface area contributed by atoms with Crippen LogP contribution in [-0.2, 0) is 0 Å². The van der Waals surface area contributed by atoms with Crippen molar-refractivity contribution in [1.82, 2.24) is 4.90 Å². The lowest BCUT2D eigenvalue weighted by atomic mass is 9.76. The van der Waals surface area contributed by atoms with Gasteiger partial charge in [0, 0.05) is 17.1 Å². The van der Waals surface area contributed by atoms with Crippen LogP contribution in [0.15, 0.2) is 36.4 Å². The van der Waals surface area contributed by atoms with Crippen LogP contribution in [0, 0.1) is 5.92 Å². The van der Waals surface area contributed by atoms with Crippen LogP contribution in [0.3, 0.4) is 0 Å². The lowest BCUT2D eigenvalue weighted by Crippen LogP contribution is -2.45. The Bertz CT molecular complexity index is 465. The summed E-state index contributed by atoms with van der Waals surface area (Å²) in [4.78, 5) is 2.61. The summed E-state index contributed by atoms with van der Waals surface area (Å²) in [5.41, 5.74) is 1.46. The molecular formula is C17H22ClN. The first-order valence-corrected chi connectivity index (χ1v) is 7.68. The molecule has 2 aliphatic heterocycles. The monoisotopic (exact) mass is 275 g/mol. The van der Waals surface area contributed by atoms with Gasteiger partial charge in [-0.25, -0.2) is 0 Å². The van der Waals surface area contributed by atoms with Gasteiger partial charge in [-0.3, -0.25) is 4.90 Å². The Morgan fingerprint density at radius 1 is 1.21 bits per heavy atom. The minimum Gasteiger partial charge on any atom is -0.300 e. The van der Waals surface area contributed by atoms with E-state index >= 15 is 0 Å². The number of benzene rings is 1. The molecule has 0 spiro atoms. The maximum atomic E-state index is 6.02. The van der Waals surface area contributed by atoms with Gasteiger partial charge in [-0.15, -0.1) is 0 Å². The highest BCUT2D eigenvalue weighted by atomic mass is 35.5.